The number of hydrazone groups is 1. The van der Waals surface area contributed by atoms with Crippen molar-refractivity contribution in [3.63, 3.8) is 0 Å². The molecule has 7 heteroatoms. The van der Waals surface area contributed by atoms with Crippen molar-refractivity contribution < 1.29 is 15.2 Å². The van der Waals surface area contributed by atoms with Gasteiger partial charge in [-0.1, -0.05) is 64.5 Å². The van der Waals surface area contributed by atoms with E-state index in [1.165, 1.54) is 24.3 Å². The van der Waals surface area contributed by atoms with Crippen molar-refractivity contribution >= 4 is 33.2 Å². The van der Waals surface area contributed by atoms with Crippen LogP contribution in [0.25, 0.3) is 0 Å². The van der Waals surface area contributed by atoms with E-state index in [0.717, 1.165) is 15.6 Å². The molecule has 0 saturated heterocycles. The Morgan fingerprint density at radius 3 is 2.19 bits per heavy atom. The molecule has 1 amide bonds. The number of halogens is 1. The molecule has 0 bridgehead atoms. The topological polar surface area (TPSA) is 89.2 Å². The Bertz CT molecular complexity index is 958. The summed E-state index contributed by atoms with van der Waals surface area (Å²) in [5.74, 6) is -0.424. The Morgan fingerprint density at radius 2 is 1.56 bits per heavy atom. The van der Waals surface area contributed by atoms with Crippen LogP contribution in [0.2, 0.25) is 0 Å². The van der Waals surface area contributed by atoms with Crippen molar-refractivity contribution in [3.8, 4) is 0 Å². The van der Waals surface area contributed by atoms with E-state index in [1.807, 2.05) is 54.6 Å². The second kappa shape index (κ2) is 8.70. The third-order valence-electron chi connectivity index (χ3n) is 3.84. The van der Waals surface area contributed by atoms with E-state index >= 15 is 0 Å². The Kier molecular flexibility index (Phi) is 6.10. The maximum atomic E-state index is 12.4. The van der Waals surface area contributed by atoms with E-state index < -0.39 is 11.1 Å². The lowest BCUT2D eigenvalue weighted by molar-refractivity contribution is -0.991. The molecule has 1 atom stereocenters. The average molecular weight is 426 g/mol. The van der Waals surface area contributed by atoms with Gasteiger partial charge in [0.1, 0.15) is 0 Å². The number of carbonyl (C=O) groups is 1. The molecule has 0 fully saturated rings. The van der Waals surface area contributed by atoms with Gasteiger partial charge in [0, 0.05) is 33.3 Å². The van der Waals surface area contributed by atoms with Crippen LogP contribution in [-0.2, 0) is 0 Å². The second-order valence-corrected chi connectivity index (χ2v) is 6.48. The van der Waals surface area contributed by atoms with Crippen LogP contribution >= 0.6 is 15.9 Å². The first-order valence-corrected chi connectivity index (χ1v) is 8.87. The SMILES string of the molecule is O=C(NN=C(c1ccccc1)c1ccccc1Br)c1ccc([NH+]([O-])O)cc1. The molecule has 3 aromatic rings. The molecule has 0 aliphatic heterocycles. The summed E-state index contributed by atoms with van der Waals surface area (Å²) in [6, 6.07) is 22.8. The number of nitrogens with one attached hydrogen (secondary N) is 2. The number of hydrogen-bond acceptors (Lipinski definition) is 4. The Labute approximate surface area is 164 Å². The average Bonchev–Trinajstić information content (AvgIpc) is 2.70. The molecule has 27 heavy (non-hydrogen) atoms. The van der Waals surface area contributed by atoms with Gasteiger partial charge < -0.3 is 5.21 Å². The van der Waals surface area contributed by atoms with Gasteiger partial charge >= 0.3 is 0 Å². The zero-order valence-electron chi connectivity index (χ0n) is 14.1. The molecule has 3 rings (SSSR count). The van der Waals surface area contributed by atoms with Crippen LogP contribution in [0.15, 0.2) is 88.4 Å². The molecule has 0 radical (unpaired) electrons. The van der Waals surface area contributed by atoms with Gasteiger partial charge in [0.05, 0.1) is 5.71 Å². The van der Waals surface area contributed by atoms with Crippen LogP contribution in [0.1, 0.15) is 21.5 Å². The molecule has 1 unspecified atom stereocenters. The minimum atomic E-state index is -1.04. The van der Waals surface area contributed by atoms with Crippen molar-refractivity contribution in [3.05, 3.63) is 105 Å². The Hall–Kier alpha value is -2.84. The molecule has 3 aromatic carbocycles. The summed E-state index contributed by atoms with van der Waals surface area (Å²) in [6.45, 7) is 0. The largest absolute Gasteiger partial charge is 0.595 e. The normalized spacial score (nSPS) is 12.5. The highest BCUT2D eigenvalue weighted by atomic mass is 79.9. The molecule has 0 aliphatic carbocycles. The Morgan fingerprint density at radius 1 is 0.926 bits per heavy atom. The van der Waals surface area contributed by atoms with Gasteiger partial charge in [-0.2, -0.15) is 10.3 Å². The van der Waals surface area contributed by atoms with Crippen molar-refractivity contribution in [2.24, 2.45) is 5.10 Å². The number of nitrogens with zero attached hydrogens (tertiary/aromatic N) is 1. The van der Waals surface area contributed by atoms with Gasteiger partial charge in [-0.05, 0) is 18.2 Å². The molecule has 0 spiro atoms. The van der Waals surface area contributed by atoms with Crippen LogP contribution < -0.4 is 10.7 Å². The summed E-state index contributed by atoms with van der Waals surface area (Å²) in [6.07, 6.45) is 0. The van der Waals surface area contributed by atoms with Crippen molar-refractivity contribution in [2.75, 3.05) is 0 Å². The monoisotopic (exact) mass is 425 g/mol. The molecular weight excluding hydrogens is 410 g/mol. The first-order valence-electron chi connectivity index (χ1n) is 8.08. The fraction of sp³-hybridized carbons (Fsp3) is 0. The van der Waals surface area contributed by atoms with Crippen molar-refractivity contribution in [1.82, 2.24) is 5.43 Å². The fourth-order valence-corrected chi connectivity index (χ4v) is 2.94. The lowest BCUT2D eigenvalue weighted by Gasteiger charge is -2.12. The van der Waals surface area contributed by atoms with E-state index in [4.69, 9.17) is 5.21 Å². The van der Waals surface area contributed by atoms with E-state index in [0.29, 0.717) is 11.3 Å². The van der Waals surface area contributed by atoms with Gasteiger partial charge in [-0.3, -0.25) is 4.79 Å². The van der Waals surface area contributed by atoms with Crippen molar-refractivity contribution in [1.29, 1.82) is 0 Å². The smallest absolute Gasteiger partial charge is 0.271 e. The van der Waals surface area contributed by atoms with E-state index in [9.17, 15) is 10.0 Å². The van der Waals surface area contributed by atoms with E-state index in [-0.39, 0.29) is 5.69 Å². The third kappa shape index (κ3) is 4.66. The summed E-state index contributed by atoms with van der Waals surface area (Å²) in [5, 5.41) is 23.1. The van der Waals surface area contributed by atoms with Crippen LogP contribution in [0.4, 0.5) is 5.69 Å². The summed E-state index contributed by atoms with van der Waals surface area (Å²) < 4.78 is 0.854. The summed E-state index contributed by atoms with van der Waals surface area (Å²) in [7, 11) is 0. The predicted molar refractivity (Wildman–Crippen MR) is 106 cm³/mol. The van der Waals surface area contributed by atoms with Crippen molar-refractivity contribution in [2.45, 2.75) is 0 Å². The predicted octanol–water partition coefficient (Wildman–Crippen LogP) is 3.03. The van der Waals surface area contributed by atoms with Gasteiger partial charge in [0.25, 0.3) is 5.91 Å². The Balaban J connectivity index is 1.90. The molecule has 0 saturated carbocycles. The maximum Gasteiger partial charge on any atom is 0.271 e. The third-order valence-corrected chi connectivity index (χ3v) is 4.53. The molecule has 3 N–H and O–H groups in total. The van der Waals surface area contributed by atoms with Crippen LogP contribution in [0.3, 0.4) is 0 Å². The van der Waals surface area contributed by atoms with E-state index in [1.54, 1.807) is 0 Å². The molecular formula is C20H16BrN3O3. The highest BCUT2D eigenvalue weighted by molar-refractivity contribution is 9.10. The van der Waals surface area contributed by atoms with Crippen LogP contribution in [0.5, 0.6) is 0 Å². The second-order valence-electron chi connectivity index (χ2n) is 5.63. The summed E-state index contributed by atoms with van der Waals surface area (Å²) in [5.41, 5.74) is 5.29. The van der Waals surface area contributed by atoms with Crippen LogP contribution in [-0.4, -0.2) is 16.8 Å². The van der Waals surface area contributed by atoms with Gasteiger partial charge in [0.2, 0.25) is 0 Å². The summed E-state index contributed by atoms with van der Waals surface area (Å²) in [4.78, 5) is 12.4. The molecule has 6 nitrogen and oxygen atoms in total. The molecule has 136 valence electrons. The number of carbonyl (C=O) groups excluding carboxylic acids is 1. The number of amides is 1. The fourth-order valence-electron chi connectivity index (χ4n) is 2.46. The molecule has 0 aromatic heterocycles. The quantitative estimate of drug-likeness (QED) is 0.433. The standard InChI is InChI=1S/C20H16BrN3O3/c21-18-9-5-4-8-17(18)19(14-6-2-1-3-7-14)22-23-20(25)15-10-12-16(13-11-15)24(26)27/h1-13,24,26H,(H,23,25). The first kappa shape index (κ1) is 18.9. The zero-order valence-corrected chi connectivity index (χ0v) is 15.7. The molecule has 0 aliphatic rings. The number of benzene rings is 3. The highest BCUT2D eigenvalue weighted by Gasteiger charge is 2.12. The van der Waals surface area contributed by atoms with E-state index in [2.05, 4.69) is 26.5 Å². The van der Waals surface area contributed by atoms with Crippen LogP contribution in [0, 0.1) is 5.21 Å². The van der Waals surface area contributed by atoms with Gasteiger partial charge in [-0.25, -0.2) is 10.6 Å². The lowest BCUT2D eigenvalue weighted by Crippen LogP contribution is -2.99. The zero-order chi connectivity index (χ0) is 19.2. The number of quaternary nitrogens is 1. The number of hydrogen-bond donors (Lipinski definition) is 3. The highest BCUT2D eigenvalue weighted by Crippen LogP contribution is 2.20. The minimum absolute atomic E-state index is 0.119. The minimum Gasteiger partial charge on any atom is -0.595 e. The first-order chi connectivity index (χ1) is 13.1. The summed E-state index contributed by atoms with van der Waals surface area (Å²) >= 11 is 3.52. The van der Waals surface area contributed by atoms with Gasteiger partial charge in [0.15, 0.2) is 5.69 Å². The lowest BCUT2D eigenvalue weighted by atomic mass is 10.0. The maximum absolute atomic E-state index is 12.4. The molecule has 0 heterocycles. The number of rotatable bonds is 5. The van der Waals surface area contributed by atoms with Gasteiger partial charge in [-0.15, -0.1) is 0 Å².